The lowest BCUT2D eigenvalue weighted by molar-refractivity contribution is 1.18. The number of hydrogen-bond donors (Lipinski definition) is 0. The van der Waals surface area contributed by atoms with Crippen molar-refractivity contribution in [3.8, 4) is 39.1 Å². The molecule has 0 N–H and O–H groups in total. The van der Waals surface area contributed by atoms with Crippen molar-refractivity contribution < 1.29 is 0 Å². The third-order valence-electron chi connectivity index (χ3n) is 12.6. The Balaban J connectivity index is 0.967. The van der Waals surface area contributed by atoms with Gasteiger partial charge in [-0.1, -0.05) is 182 Å². The number of para-hydroxylation sites is 3. The Bertz CT molecular complexity index is 3580. The smallest absolute Gasteiger partial charge is 0.0541 e. The van der Waals surface area contributed by atoms with Crippen LogP contribution in [0.5, 0.6) is 0 Å². The Morgan fingerprint density at radius 3 is 1.47 bits per heavy atom. The summed E-state index contributed by atoms with van der Waals surface area (Å²) >= 11 is 0. The fraction of sp³-hybridized carbons (Fsp3) is 0. The Kier molecular flexibility index (Phi) is 8.53. The maximum Gasteiger partial charge on any atom is 0.0541 e. The highest BCUT2D eigenvalue weighted by Crippen LogP contribution is 2.42. The van der Waals surface area contributed by atoms with E-state index < -0.39 is 0 Å². The Morgan fingerprint density at radius 1 is 0.258 bits per heavy atom. The van der Waals surface area contributed by atoms with Gasteiger partial charge in [-0.25, -0.2) is 0 Å². The highest BCUT2D eigenvalue weighted by atomic mass is 15.1. The lowest BCUT2D eigenvalue weighted by Crippen LogP contribution is -2.10. The molecular formula is C60H40N2. The third kappa shape index (κ3) is 6.04. The van der Waals surface area contributed by atoms with Crippen LogP contribution in [-0.4, -0.2) is 4.57 Å². The molecule has 0 radical (unpaired) electrons. The molecule has 2 nitrogen and oxygen atoms in total. The zero-order chi connectivity index (χ0) is 41.0. The van der Waals surface area contributed by atoms with Crippen LogP contribution >= 0.6 is 0 Å². The molecule has 12 rings (SSSR count). The normalized spacial score (nSPS) is 11.5. The number of anilines is 3. The first kappa shape index (κ1) is 35.7. The number of fused-ring (bicyclic) bond motifs is 8. The van der Waals surface area contributed by atoms with Crippen LogP contribution in [0.2, 0.25) is 0 Å². The van der Waals surface area contributed by atoms with Gasteiger partial charge in [-0.2, -0.15) is 0 Å². The molecule has 2 heteroatoms. The molecule has 0 saturated carbocycles. The van der Waals surface area contributed by atoms with Crippen molar-refractivity contribution in [2.75, 3.05) is 4.90 Å². The molecule has 1 heterocycles. The van der Waals surface area contributed by atoms with Gasteiger partial charge >= 0.3 is 0 Å². The fourth-order valence-electron chi connectivity index (χ4n) is 9.62. The van der Waals surface area contributed by atoms with Crippen LogP contribution < -0.4 is 4.90 Å². The largest absolute Gasteiger partial charge is 0.310 e. The average Bonchev–Trinajstić information content (AvgIpc) is 3.68. The fourth-order valence-corrected chi connectivity index (χ4v) is 9.62. The molecule has 0 spiro atoms. The van der Waals surface area contributed by atoms with Crippen molar-refractivity contribution in [1.29, 1.82) is 0 Å². The van der Waals surface area contributed by atoms with Crippen molar-refractivity contribution >= 4 is 71.2 Å². The van der Waals surface area contributed by atoms with E-state index >= 15 is 0 Å². The number of hydrogen-bond acceptors (Lipinski definition) is 1. The molecule has 0 aliphatic carbocycles. The summed E-state index contributed by atoms with van der Waals surface area (Å²) in [7, 11) is 0. The minimum atomic E-state index is 1.09. The summed E-state index contributed by atoms with van der Waals surface area (Å²) in [5, 5.41) is 10.2. The first-order valence-electron chi connectivity index (χ1n) is 21.3. The van der Waals surface area contributed by atoms with Gasteiger partial charge in [-0.3, -0.25) is 0 Å². The minimum Gasteiger partial charge on any atom is -0.310 e. The zero-order valence-corrected chi connectivity index (χ0v) is 34.0. The number of rotatable bonds is 7. The van der Waals surface area contributed by atoms with Crippen LogP contribution in [0.15, 0.2) is 243 Å². The van der Waals surface area contributed by atoms with Crippen molar-refractivity contribution in [2.24, 2.45) is 0 Å². The highest BCUT2D eigenvalue weighted by Gasteiger charge is 2.18. The molecule has 1 aromatic heterocycles. The van der Waals surface area contributed by atoms with E-state index in [0.29, 0.717) is 0 Å². The molecular weight excluding hydrogens is 749 g/mol. The van der Waals surface area contributed by atoms with Gasteiger partial charge in [0.25, 0.3) is 0 Å². The maximum atomic E-state index is 2.41. The van der Waals surface area contributed by atoms with Crippen LogP contribution in [0.4, 0.5) is 17.1 Å². The second-order valence-electron chi connectivity index (χ2n) is 16.1. The summed E-state index contributed by atoms with van der Waals surface area (Å²) in [6.45, 7) is 0. The monoisotopic (exact) mass is 788 g/mol. The SMILES string of the molecule is c1ccc(-c2cccc(N(c3ccc(-c4ccccc4-n4c5ccccc5c5ccccc54)cc3)c3cccc(-c4ccc5c(ccc6c7ccccc7ccc56)c4)c3)c2)cc1. The van der Waals surface area contributed by atoms with E-state index in [0.717, 1.165) is 28.3 Å². The van der Waals surface area contributed by atoms with Crippen molar-refractivity contribution in [2.45, 2.75) is 0 Å². The van der Waals surface area contributed by atoms with Crippen LogP contribution in [0.3, 0.4) is 0 Å². The predicted octanol–water partition coefficient (Wildman–Crippen LogP) is 16.7. The molecule has 290 valence electrons. The molecule has 12 aromatic rings. The van der Waals surface area contributed by atoms with Gasteiger partial charge in [0.15, 0.2) is 0 Å². The number of aromatic nitrogens is 1. The molecule has 0 unspecified atom stereocenters. The lowest BCUT2D eigenvalue weighted by Gasteiger charge is -2.27. The molecule has 0 atom stereocenters. The van der Waals surface area contributed by atoms with Gasteiger partial charge in [0, 0.05) is 33.4 Å². The van der Waals surface area contributed by atoms with E-state index in [9.17, 15) is 0 Å². The van der Waals surface area contributed by atoms with Crippen molar-refractivity contribution in [3.63, 3.8) is 0 Å². The van der Waals surface area contributed by atoms with E-state index in [1.54, 1.807) is 0 Å². The van der Waals surface area contributed by atoms with Crippen LogP contribution in [0.1, 0.15) is 0 Å². The lowest BCUT2D eigenvalue weighted by atomic mass is 9.94. The quantitative estimate of drug-likeness (QED) is 0.146. The maximum absolute atomic E-state index is 2.41. The predicted molar refractivity (Wildman–Crippen MR) is 264 cm³/mol. The summed E-state index contributed by atoms with van der Waals surface area (Å²) < 4.78 is 2.41. The summed E-state index contributed by atoms with van der Waals surface area (Å²) in [6, 6.07) is 88.5. The summed E-state index contributed by atoms with van der Waals surface area (Å²) in [6.07, 6.45) is 0. The topological polar surface area (TPSA) is 8.17 Å². The Morgan fingerprint density at radius 2 is 0.758 bits per heavy atom. The molecule has 0 bridgehead atoms. The van der Waals surface area contributed by atoms with Crippen LogP contribution in [0.25, 0.3) is 93.2 Å². The van der Waals surface area contributed by atoms with Gasteiger partial charge in [-0.05, 0) is 121 Å². The first-order chi connectivity index (χ1) is 30.7. The third-order valence-corrected chi connectivity index (χ3v) is 12.6. The average molecular weight is 789 g/mol. The summed E-state index contributed by atoms with van der Waals surface area (Å²) in [5.74, 6) is 0. The van der Waals surface area contributed by atoms with E-state index in [4.69, 9.17) is 0 Å². The van der Waals surface area contributed by atoms with E-state index in [1.807, 2.05) is 0 Å². The molecule has 0 aliphatic heterocycles. The van der Waals surface area contributed by atoms with Gasteiger partial charge < -0.3 is 9.47 Å². The van der Waals surface area contributed by atoms with Crippen molar-refractivity contribution in [1.82, 2.24) is 4.57 Å². The molecule has 0 saturated heterocycles. The summed E-state index contributed by atoms with van der Waals surface area (Å²) in [5.41, 5.74) is 13.9. The molecule has 11 aromatic carbocycles. The standard InChI is InChI=1S/C60H40N2/c1-2-14-41(15-3-1)44-17-12-19-49(39-44)61(50-20-13-18-45(40-50)46-31-35-52-47(38-46)32-37-54-51-21-5-4-16-42(51)30-36-55(52)54)48-33-28-43(29-34-48)53-22-6-9-25-58(53)62-59-26-10-7-23-56(59)57-24-8-11-27-60(57)62/h1-40H. The Labute approximate surface area is 360 Å². The van der Waals surface area contributed by atoms with E-state index in [-0.39, 0.29) is 0 Å². The molecule has 0 amide bonds. The molecule has 0 aliphatic rings. The van der Waals surface area contributed by atoms with Gasteiger partial charge in [0.1, 0.15) is 0 Å². The highest BCUT2D eigenvalue weighted by molar-refractivity contribution is 6.17. The zero-order valence-electron chi connectivity index (χ0n) is 34.0. The second-order valence-corrected chi connectivity index (χ2v) is 16.1. The second kappa shape index (κ2) is 14.8. The van der Waals surface area contributed by atoms with Crippen LogP contribution in [-0.2, 0) is 0 Å². The molecule has 0 fully saturated rings. The number of benzene rings is 11. The first-order valence-corrected chi connectivity index (χ1v) is 21.3. The minimum absolute atomic E-state index is 1.09. The van der Waals surface area contributed by atoms with E-state index in [2.05, 4.69) is 252 Å². The van der Waals surface area contributed by atoms with Gasteiger partial charge in [0.2, 0.25) is 0 Å². The molecule has 62 heavy (non-hydrogen) atoms. The van der Waals surface area contributed by atoms with Crippen molar-refractivity contribution in [3.05, 3.63) is 243 Å². The van der Waals surface area contributed by atoms with E-state index in [1.165, 1.54) is 81.9 Å². The summed E-state index contributed by atoms with van der Waals surface area (Å²) in [4.78, 5) is 2.39. The van der Waals surface area contributed by atoms with Crippen LogP contribution in [0, 0.1) is 0 Å². The van der Waals surface area contributed by atoms with Gasteiger partial charge in [0.05, 0.1) is 16.7 Å². The van der Waals surface area contributed by atoms with Gasteiger partial charge in [-0.15, -0.1) is 0 Å². The Hall–Kier alpha value is -8.20. The number of nitrogens with zero attached hydrogens (tertiary/aromatic N) is 2.